The van der Waals surface area contributed by atoms with Crippen LogP contribution in [0.4, 0.5) is 0 Å². The molecule has 0 fully saturated rings. The molecule has 2 aromatic carbocycles. The minimum absolute atomic E-state index is 0.0729. The predicted molar refractivity (Wildman–Crippen MR) is 87.0 cm³/mol. The number of aromatic hydroxyl groups is 2. The largest absolute Gasteiger partial charge is 0.508 e. The molecular formula is C17H19N3O3. The maximum Gasteiger partial charge on any atom is 0.155 e. The average molecular weight is 313 g/mol. The summed E-state index contributed by atoms with van der Waals surface area (Å²) in [5.74, 6) is 0.758. The summed E-state index contributed by atoms with van der Waals surface area (Å²) in [7, 11) is 0. The van der Waals surface area contributed by atoms with Crippen LogP contribution in [0.2, 0.25) is 0 Å². The Balaban J connectivity index is 2.09. The van der Waals surface area contributed by atoms with Gasteiger partial charge in [-0.1, -0.05) is 30.3 Å². The highest BCUT2D eigenvalue weighted by Gasteiger charge is 2.38. The number of para-hydroxylation sites is 2. The number of aliphatic hydroxyl groups excluding tert-OH is 1. The molecule has 0 amide bonds. The quantitative estimate of drug-likeness (QED) is 0.687. The zero-order valence-corrected chi connectivity index (χ0v) is 12.8. The molecule has 1 aliphatic rings. The number of aliphatic imine (C=N–C) groups is 1. The Kier molecular flexibility index (Phi) is 3.94. The average Bonchev–Trinajstić information content (AvgIpc) is 2.86. The Morgan fingerprint density at radius 1 is 1.04 bits per heavy atom. The Hall–Kier alpha value is -2.57. The molecule has 1 unspecified atom stereocenters. The normalized spacial score (nSPS) is 20.6. The summed E-state index contributed by atoms with van der Waals surface area (Å²) in [6.07, 6.45) is 0. The van der Waals surface area contributed by atoms with Gasteiger partial charge < -0.3 is 15.3 Å². The van der Waals surface area contributed by atoms with Crippen LogP contribution >= 0.6 is 0 Å². The second-order valence-corrected chi connectivity index (χ2v) is 5.53. The van der Waals surface area contributed by atoms with E-state index < -0.39 is 5.66 Å². The van der Waals surface area contributed by atoms with Gasteiger partial charge in [0.05, 0.1) is 18.7 Å². The van der Waals surface area contributed by atoms with Crippen molar-refractivity contribution in [1.29, 1.82) is 0 Å². The van der Waals surface area contributed by atoms with Crippen molar-refractivity contribution >= 4 is 5.84 Å². The van der Waals surface area contributed by atoms with Crippen molar-refractivity contribution in [1.82, 2.24) is 10.4 Å². The third-order valence-corrected chi connectivity index (χ3v) is 3.83. The maximum absolute atomic E-state index is 10.1. The van der Waals surface area contributed by atoms with Gasteiger partial charge in [0.2, 0.25) is 0 Å². The van der Waals surface area contributed by atoms with Crippen molar-refractivity contribution in [2.24, 2.45) is 4.99 Å². The number of β-amino-alcohol motifs (C(OH)–C–C–N with tert-alkyl or cyclic N) is 1. The highest BCUT2D eigenvalue weighted by atomic mass is 16.3. The van der Waals surface area contributed by atoms with Gasteiger partial charge in [0.1, 0.15) is 11.5 Å². The minimum Gasteiger partial charge on any atom is -0.508 e. The van der Waals surface area contributed by atoms with E-state index in [0.717, 1.165) is 0 Å². The molecule has 6 nitrogen and oxygen atoms in total. The molecule has 4 N–H and O–H groups in total. The first-order chi connectivity index (χ1) is 11.0. The number of hydrogen-bond acceptors (Lipinski definition) is 6. The van der Waals surface area contributed by atoms with E-state index in [0.29, 0.717) is 23.5 Å². The van der Waals surface area contributed by atoms with Crippen molar-refractivity contribution < 1.29 is 15.3 Å². The standard InChI is InChI=1S/C17H19N3O3/c1-17(13-7-3-5-9-15(13)23)18-16(20(19-17)10-11-21)12-6-2-4-8-14(12)22/h2-9,19,21-23H,10-11H2,1H3. The van der Waals surface area contributed by atoms with E-state index >= 15 is 0 Å². The molecule has 6 heteroatoms. The summed E-state index contributed by atoms with van der Waals surface area (Å²) in [5.41, 5.74) is 3.49. The van der Waals surface area contributed by atoms with Gasteiger partial charge >= 0.3 is 0 Å². The molecule has 1 heterocycles. The fourth-order valence-electron chi connectivity index (χ4n) is 2.75. The van der Waals surface area contributed by atoms with Crippen molar-refractivity contribution in [3.63, 3.8) is 0 Å². The molecule has 0 bridgehead atoms. The zero-order valence-electron chi connectivity index (χ0n) is 12.8. The fourth-order valence-corrected chi connectivity index (χ4v) is 2.75. The van der Waals surface area contributed by atoms with E-state index in [1.807, 2.05) is 19.1 Å². The van der Waals surface area contributed by atoms with Crippen LogP contribution in [-0.4, -0.2) is 39.3 Å². The van der Waals surface area contributed by atoms with E-state index in [-0.39, 0.29) is 18.1 Å². The van der Waals surface area contributed by atoms with Crippen molar-refractivity contribution in [3.05, 3.63) is 59.7 Å². The number of rotatable bonds is 4. The Morgan fingerprint density at radius 2 is 1.70 bits per heavy atom. The van der Waals surface area contributed by atoms with E-state index in [9.17, 15) is 15.3 Å². The summed E-state index contributed by atoms with van der Waals surface area (Å²) >= 11 is 0. The number of nitrogens with one attached hydrogen (secondary N) is 1. The van der Waals surface area contributed by atoms with Crippen LogP contribution in [0.3, 0.4) is 0 Å². The third-order valence-electron chi connectivity index (χ3n) is 3.83. The molecule has 0 aliphatic carbocycles. The van der Waals surface area contributed by atoms with Gasteiger partial charge in [-0.3, -0.25) is 5.01 Å². The second-order valence-electron chi connectivity index (χ2n) is 5.53. The van der Waals surface area contributed by atoms with Crippen LogP contribution in [0.5, 0.6) is 11.5 Å². The molecule has 120 valence electrons. The monoisotopic (exact) mass is 313 g/mol. The summed E-state index contributed by atoms with van der Waals surface area (Å²) in [6, 6.07) is 13.9. The molecule has 1 aliphatic heterocycles. The number of hydrogen-bond donors (Lipinski definition) is 4. The lowest BCUT2D eigenvalue weighted by molar-refractivity contribution is 0.182. The van der Waals surface area contributed by atoms with Crippen LogP contribution in [0, 0.1) is 0 Å². The molecule has 0 radical (unpaired) electrons. The molecule has 0 aromatic heterocycles. The molecular weight excluding hydrogens is 294 g/mol. The fraction of sp³-hybridized carbons (Fsp3) is 0.235. The first kappa shape index (κ1) is 15.3. The van der Waals surface area contributed by atoms with Gasteiger partial charge in [-0.05, 0) is 25.1 Å². The number of hydrazine groups is 1. The SMILES string of the molecule is CC1(c2ccccc2O)N=C(c2ccccc2O)N(CCO)N1. The number of phenolic OH excluding ortho intramolecular Hbond substituents is 2. The molecule has 0 spiro atoms. The number of aliphatic hydroxyl groups is 1. The lowest BCUT2D eigenvalue weighted by atomic mass is 10.0. The second kappa shape index (κ2) is 5.91. The summed E-state index contributed by atoms with van der Waals surface area (Å²) < 4.78 is 0. The first-order valence-corrected chi connectivity index (χ1v) is 7.38. The van der Waals surface area contributed by atoms with Crippen LogP contribution in [0.1, 0.15) is 18.1 Å². The van der Waals surface area contributed by atoms with Crippen LogP contribution < -0.4 is 5.43 Å². The molecule has 0 saturated carbocycles. The number of benzene rings is 2. The topological polar surface area (TPSA) is 88.3 Å². The van der Waals surface area contributed by atoms with Gasteiger partial charge in [0.25, 0.3) is 0 Å². The van der Waals surface area contributed by atoms with E-state index in [1.165, 1.54) is 0 Å². The highest BCUT2D eigenvalue weighted by molar-refractivity contribution is 6.02. The smallest absolute Gasteiger partial charge is 0.155 e. The summed E-state index contributed by atoms with van der Waals surface area (Å²) in [4.78, 5) is 4.68. The number of phenols is 2. The number of amidine groups is 1. The summed E-state index contributed by atoms with van der Waals surface area (Å²) in [5, 5.41) is 31.2. The lowest BCUT2D eigenvalue weighted by Crippen LogP contribution is -2.46. The van der Waals surface area contributed by atoms with Crippen molar-refractivity contribution in [2.45, 2.75) is 12.6 Å². The number of nitrogens with zero attached hydrogens (tertiary/aromatic N) is 2. The van der Waals surface area contributed by atoms with E-state index in [2.05, 4.69) is 10.4 Å². The van der Waals surface area contributed by atoms with Gasteiger partial charge in [-0.2, -0.15) is 0 Å². The Morgan fingerprint density at radius 3 is 2.35 bits per heavy atom. The summed E-state index contributed by atoms with van der Waals surface area (Å²) in [6.45, 7) is 2.06. The maximum atomic E-state index is 10.1. The molecule has 2 aromatic rings. The van der Waals surface area contributed by atoms with Gasteiger partial charge in [0.15, 0.2) is 11.5 Å². The third kappa shape index (κ3) is 2.74. The minimum atomic E-state index is -0.891. The van der Waals surface area contributed by atoms with Crippen LogP contribution in [-0.2, 0) is 5.66 Å². The van der Waals surface area contributed by atoms with Gasteiger partial charge in [-0.25, -0.2) is 10.4 Å². The van der Waals surface area contributed by atoms with Crippen molar-refractivity contribution in [2.75, 3.05) is 13.2 Å². The molecule has 1 atom stereocenters. The lowest BCUT2D eigenvalue weighted by Gasteiger charge is -2.27. The predicted octanol–water partition coefficient (Wildman–Crippen LogP) is 1.53. The van der Waals surface area contributed by atoms with Crippen molar-refractivity contribution in [3.8, 4) is 11.5 Å². The Labute approximate surface area is 134 Å². The molecule has 0 saturated heterocycles. The van der Waals surface area contributed by atoms with E-state index in [1.54, 1.807) is 41.4 Å². The van der Waals surface area contributed by atoms with Crippen LogP contribution in [0.15, 0.2) is 53.5 Å². The van der Waals surface area contributed by atoms with Crippen LogP contribution in [0.25, 0.3) is 0 Å². The molecule has 23 heavy (non-hydrogen) atoms. The van der Waals surface area contributed by atoms with Gasteiger partial charge in [-0.15, -0.1) is 0 Å². The van der Waals surface area contributed by atoms with E-state index in [4.69, 9.17) is 0 Å². The zero-order chi connectivity index (χ0) is 16.4. The first-order valence-electron chi connectivity index (χ1n) is 7.38. The van der Waals surface area contributed by atoms with Gasteiger partial charge in [0, 0.05) is 5.56 Å². The highest BCUT2D eigenvalue weighted by Crippen LogP contribution is 2.35. The Bertz CT molecular complexity index is 747. The molecule has 3 rings (SSSR count).